The summed E-state index contributed by atoms with van der Waals surface area (Å²) in [7, 11) is 0. The topological polar surface area (TPSA) is 58.8 Å². The largest absolute Gasteiger partial charge is 0.492 e. The molecule has 33 heavy (non-hydrogen) atoms. The van der Waals surface area contributed by atoms with Gasteiger partial charge in [0.15, 0.2) is 5.78 Å². The van der Waals surface area contributed by atoms with E-state index in [0.29, 0.717) is 30.0 Å². The van der Waals surface area contributed by atoms with Gasteiger partial charge in [-0.05, 0) is 36.2 Å². The van der Waals surface area contributed by atoms with Gasteiger partial charge in [-0.2, -0.15) is 0 Å². The Hall–Kier alpha value is -3.15. The number of benzene rings is 3. The molecule has 0 saturated carbocycles. The minimum absolute atomic E-state index is 0.124. The normalized spacial score (nSPS) is 15.0. The Morgan fingerprint density at radius 2 is 1.52 bits per heavy atom. The quantitative estimate of drug-likeness (QED) is 0.385. The summed E-state index contributed by atoms with van der Waals surface area (Å²) in [6.45, 7) is 7.08. The zero-order valence-electron chi connectivity index (χ0n) is 19.3. The molecule has 0 aliphatic carbocycles. The molecule has 0 atom stereocenters. The number of carbonyl (C=O) groups excluding carboxylic acids is 1. The predicted octanol–water partition coefficient (Wildman–Crippen LogP) is 4.65. The second-order valence-electron chi connectivity index (χ2n) is 8.46. The van der Waals surface area contributed by atoms with Gasteiger partial charge in [0.1, 0.15) is 5.75 Å². The number of anilines is 1. The Bertz CT molecular complexity index is 992. The SMILES string of the molecule is CCOc1ccc(C(=O)CCN2CCN(C(c3ccccc3)c3ccccc3)CC2)cc1N. The van der Waals surface area contributed by atoms with Gasteiger partial charge in [0.2, 0.25) is 0 Å². The molecule has 3 aromatic rings. The summed E-state index contributed by atoms with van der Waals surface area (Å²) in [4.78, 5) is 17.7. The van der Waals surface area contributed by atoms with Crippen molar-refractivity contribution in [2.24, 2.45) is 0 Å². The molecule has 5 nitrogen and oxygen atoms in total. The summed E-state index contributed by atoms with van der Waals surface area (Å²) >= 11 is 0. The highest BCUT2D eigenvalue weighted by atomic mass is 16.5. The minimum atomic E-state index is 0.124. The van der Waals surface area contributed by atoms with E-state index in [2.05, 4.69) is 70.5 Å². The van der Waals surface area contributed by atoms with E-state index < -0.39 is 0 Å². The van der Waals surface area contributed by atoms with Crippen LogP contribution in [0.15, 0.2) is 78.9 Å². The van der Waals surface area contributed by atoms with Crippen molar-refractivity contribution in [1.82, 2.24) is 9.80 Å². The first-order chi connectivity index (χ1) is 16.2. The van der Waals surface area contributed by atoms with E-state index in [1.54, 1.807) is 12.1 Å². The second-order valence-corrected chi connectivity index (χ2v) is 8.46. The summed E-state index contributed by atoms with van der Waals surface area (Å²) in [5.41, 5.74) is 9.84. The summed E-state index contributed by atoms with van der Waals surface area (Å²) < 4.78 is 5.47. The number of ether oxygens (including phenoxy) is 1. The third-order valence-electron chi connectivity index (χ3n) is 6.29. The maximum absolute atomic E-state index is 12.7. The van der Waals surface area contributed by atoms with Gasteiger partial charge in [-0.3, -0.25) is 9.69 Å². The highest BCUT2D eigenvalue weighted by molar-refractivity contribution is 5.97. The van der Waals surface area contributed by atoms with Crippen molar-refractivity contribution < 1.29 is 9.53 Å². The van der Waals surface area contributed by atoms with Gasteiger partial charge in [-0.1, -0.05) is 60.7 Å². The number of hydrogen-bond acceptors (Lipinski definition) is 5. The van der Waals surface area contributed by atoms with Crippen LogP contribution in [0.3, 0.4) is 0 Å². The van der Waals surface area contributed by atoms with E-state index in [9.17, 15) is 4.79 Å². The number of nitrogen functional groups attached to an aromatic ring is 1. The van der Waals surface area contributed by atoms with E-state index in [1.807, 2.05) is 13.0 Å². The molecule has 172 valence electrons. The molecule has 0 bridgehead atoms. The Morgan fingerprint density at radius 1 is 0.909 bits per heavy atom. The van der Waals surface area contributed by atoms with Crippen molar-refractivity contribution in [2.45, 2.75) is 19.4 Å². The zero-order valence-corrected chi connectivity index (χ0v) is 19.3. The number of nitrogens with two attached hydrogens (primary N) is 1. The van der Waals surface area contributed by atoms with Crippen LogP contribution in [-0.2, 0) is 0 Å². The number of Topliss-reactive ketones (excluding diaryl/α,β-unsaturated/α-hetero) is 1. The molecule has 0 aromatic heterocycles. The molecule has 0 radical (unpaired) electrons. The van der Waals surface area contributed by atoms with Crippen LogP contribution in [0.2, 0.25) is 0 Å². The number of ketones is 1. The van der Waals surface area contributed by atoms with Crippen molar-refractivity contribution in [3.8, 4) is 5.75 Å². The first-order valence-electron chi connectivity index (χ1n) is 11.8. The van der Waals surface area contributed by atoms with Gasteiger partial charge < -0.3 is 15.4 Å². The molecular formula is C28H33N3O2. The average molecular weight is 444 g/mol. The van der Waals surface area contributed by atoms with E-state index >= 15 is 0 Å². The molecule has 5 heteroatoms. The lowest BCUT2D eigenvalue weighted by Crippen LogP contribution is -2.48. The Kier molecular flexibility index (Phi) is 7.76. The minimum Gasteiger partial charge on any atom is -0.492 e. The van der Waals surface area contributed by atoms with Crippen LogP contribution in [0, 0.1) is 0 Å². The molecule has 0 amide bonds. The molecule has 1 saturated heterocycles. The highest BCUT2D eigenvalue weighted by Gasteiger charge is 2.26. The maximum Gasteiger partial charge on any atom is 0.164 e. The van der Waals surface area contributed by atoms with Crippen molar-refractivity contribution in [2.75, 3.05) is 45.1 Å². The first kappa shape index (κ1) is 23.0. The standard InChI is InChI=1S/C28H33N3O2/c1-2-33-27-14-13-24(21-25(27)29)26(32)15-16-30-17-19-31(20-18-30)28(22-9-5-3-6-10-22)23-11-7-4-8-12-23/h3-14,21,28H,2,15-20,29H2,1H3. The molecule has 1 fully saturated rings. The fourth-order valence-electron chi connectivity index (χ4n) is 4.54. The third kappa shape index (κ3) is 5.81. The van der Waals surface area contributed by atoms with Crippen LogP contribution in [0.1, 0.15) is 40.9 Å². The number of hydrogen-bond donors (Lipinski definition) is 1. The molecule has 2 N–H and O–H groups in total. The molecule has 1 aliphatic heterocycles. The van der Waals surface area contributed by atoms with Crippen LogP contribution >= 0.6 is 0 Å². The van der Waals surface area contributed by atoms with Crippen molar-refractivity contribution in [3.63, 3.8) is 0 Å². The molecule has 0 spiro atoms. The maximum atomic E-state index is 12.7. The van der Waals surface area contributed by atoms with Gasteiger partial charge in [0, 0.05) is 44.7 Å². The van der Waals surface area contributed by atoms with Crippen LogP contribution in [0.4, 0.5) is 5.69 Å². The lowest BCUT2D eigenvalue weighted by Gasteiger charge is -2.39. The van der Waals surface area contributed by atoms with Crippen molar-refractivity contribution in [1.29, 1.82) is 0 Å². The smallest absolute Gasteiger partial charge is 0.164 e. The van der Waals surface area contributed by atoms with Crippen LogP contribution in [0.25, 0.3) is 0 Å². The van der Waals surface area contributed by atoms with Gasteiger partial charge in [-0.15, -0.1) is 0 Å². The summed E-state index contributed by atoms with van der Waals surface area (Å²) in [5, 5.41) is 0. The van der Waals surface area contributed by atoms with Crippen LogP contribution in [0.5, 0.6) is 5.75 Å². The van der Waals surface area contributed by atoms with Gasteiger partial charge in [0.25, 0.3) is 0 Å². The second kappa shape index (κ2) is 11.1. The molecule has 3 aromatic carbocycles. The highest BCUT2D eigenvalue weighted by Crippen LogP contribution is 2.29. The predicted molar refractivity (Wildman–Crippen MR) is 134 cm³/mol. The van der Waals surface area contributed by atoms with E-state index in [4.69, 9.17) is 10.5 Å². The Labute approximate surface area is 196 Å². The van der Waals surface area contributed by atoms with E-state index in [0.717, 1.165) is 32.7 Å². The molecule has 4 rings (SSSR count). The zero-order chi connectivity index (χ0) is 23.0. The fourth-order valence-corrected chi connectivity index (χ4v) is 4.54. The average Bonchev–Trinajstić information content (AvgIpc) is 2.86. The van der Waals surface area contributed by atoms with Crippen molar-refractivity contribution >= 4 is 11.5 Å². The van der Waals surface area contributed by atoms with Gasteiger partial charge in [-0.25, -0.2) is 0 Å². The molecule has 1 aliphatic rings. The van der Waals surface area contributed by atoms with Crippen molar-refractivity contribution in [3.05, 3.63) is 95.6 Å². The Balaban J connectivity index is 1.34. The summed E-state index contributed by atoms with van der Waals surface area (Å²) in [6.07, 6.45) is 0.494. The fraction of sp³-hybridized carbons (Fsp3) is 0.321. The number of carbonyl (C=O) groups is 1. The molecular weight excluding hydrogens is 410 g/mol. The first-order valence-corrected chi connectivity index (χ1v) is 11.8. The van der Waals surface area contributed by atoms with E-state index in [-0.39, 0.29) is 11.8 Å². The Morgan fingerprint density at radius 3 is 2.06 bits per heavy atom. The van der Waals surface area contributed by atoms with E-state index in [1.165, 1.54) is 11.1 Å². The monoisotopic (exact) mass is 443 g/mol. The number of piperazine rings is 1. The summed E-state index contributed by atoms with van der Waals surface area (Å²) in [5.74, 6) is 0.759. The van der Waals surface area contributed by atoms with Gasteiger partial charge in [0.05, 0.1) is 18.3 Å². The van der Waals surface area contributed by atoms with Crippen LogP contribution in [-0.4, -0.2) is 54.9 Å². The van der Waals surface area contributed by atoms with Gasteiger partial charge >= 0.3 is 0 Å². The summed E-state index contributed by atoms with van der Waals surface area (Å²) in [6, 6.07) is 27.0. The van der Waals surface area contributed by atoms with Crippen LogP contribution < -0.4 is 10.5 Å². The lowest BCUT2D eigenvalue weighted by atomic mass is 9.96. The lowest BCUT2D eigenvalue weighted by molar-refractivity contribution is 0.0893. The number of nitrogens with zero attached hydrogens (tertiary/aromatic N) is 2. The molecule has 1 heterocycles. The number of rotatable bonds is 9. The third-order valence-corrected chi connectivity index (χ3v) is 6.29. The molecule has 0 unspecified atom stereocenters.